The van der Waals surface area contributed by atoms with E-state index < -0.39 is 0 Å². The molecule has 2 aromatic carbocycles. The third-order valence-electron chi connectivity index (χ3n) is 5.46. The van der Waals surface area contributed by atoms with Crippen LogP contribution in [-0.4, -0.2) is 50.7 Å². The number of aliphatic hydroxyl groups is 1. The first kappa shape index (κ1) is 25.1. The summed E-state index contributed by atoms with van der Waals surface area (Å²) in [5.41, 5.74) is 3.22. The van der Waals surface area contributed by atoms with Crippen LogP contribution < -0.4 is 0 Å². The van der Waals surface area contributed by atoms with Gasteiger partial charge in [-0.2, -0.15) is 0 Å². The number of unbranched alkanes of at least 4 members (excludes halogenated alkanes) is 2. The normalized spacial score (nSPS) is 14.8. The van der Waals surface area contributed by atoms with Crippen molar-refractivity contribution < 1.29 is 14.7 Å². The maximum Gasteiger partial charge on any atom is 0.266 e. The molecule has 174 valence electrons. The Morgan fingerprint density at radius 2 is 1.82 bits per heavy atom. The molecule has 1 saturated heterocycles. The number of thioether (sulfide) groups is 1. The molecule has 3 rings (SSSR count). The second-order valence-electron chi connectivity index (χ2n) is 8.08. The Kier molecular flexibility index (Phi) is 9.66. The van der Waals surface area contributed by atoms with Crippen molar-refractivity contribution in [1.29, 1.82) is 0 Å². The van der Waals surface area contributed by atoms with Gasteiger partial charge in [-0.25, -0.2) is 0 Å². The summed E-state index contributed by atoms with van der Waals surface area (Å²) in [6.45, 7) is 3.38. The molecule has 0 radical (unpaired) electrons. The Labute approximate surface area is 205 Å². The number of thiocarbonyl (C=S) groups is 1. The average Bonchev–Trinajstić information content (AvgIpc) is 3.07. The zero-order chi connectivity index (χ0) is 23.6. The summed E-state index contributed by atoms with van der Waals surface area (Å²) in [6.07, 6.45) is 4.68. The van der Waals surface area contributed by atoms with Crippen molar-refractivity contribution in [1.82, 2.24) is 9.80 Å². The minimum Gasteiger partial charge on any atom is -0.395 e. The van der Waals surface area contributed by atoms with Gasteiger partial charge in [0, 0.05) is 26.1 Å². The van der Waals surface area contributed by atoms with Crippen molar-refractivity contribution in [3.8, 4) is 0 Å². The molecule has 1 fully saturated rings. The molecule has 1 aliphatic rings. The molecule has 1 N–H and O–H groups in total. The Bertz CT molecular complexity index is 990. The fourth-order valence-corrected chi connectivity index (χ4v) is 4.91. The van der Waals surface area contributed by atoms with Crippen LogP contribution in [0, 0.1) is 6.92 Å². The van der Waals surface area contributed by atoms with E-state index in [1.54, 1.807) is 9.80 Å². The molecule has 0 bridgehead atoms. The van der Waals surface area contributed by atoms with E-state index in [9.17, 15) is 14.7 Å². The van der Waals surface area contributed by atoms with Crippen LogP contribution in [0.5, 0.6) is 0 Å². The molecule has 2 aromatic rings. The lowest BCUT2D eigenvalue weighted by Gasteiger charge is -2.22. The summed E-state index contributed by atoms with van der Waals surface area (Å²) < 4.78 is 0.589. The predicted octanol–water partition coefficient (Wildman–Crippen LogP) is 4.78. The number of carbonyl (C=O) groups excluding carboxylic acids is 2. The smallest absolute Gasteiger partial charge is 0.266 e. The summed E-state index contributed by atoms with van der Waals surface area (Å²) in [6, 6.07) is 17.8. The molecule has 33 heavy (non-hydrogen) atoms. The van der Waals surface area contributed by atoms with Gasteiger partial charge in [-0.15, -0.1) is 0 Å². The van der Waals surface area contributed by atoms with Gasteiger partial charge < -0.3 is 10.0 Å². The van der Waals surface area contributed by atoms with Gasteiger partial charge in [-0.3, -0.25) is 14.5 Å². The Hall–Kier alpha value is -2.48. The molecule has 5 nitrogen and oxygen atoms in total. The molecule has 0 aromatic heterocycles. The largest absolute Gasteiger partial charge is 0.395 e. The summed E-state index contributed by atoms with van der Waals surface area (Å²) in [5.74, 6) is -0.00169. The first-order valence-electron chi connectivity index (χ1n) is 11.2. The lowest BCUT2D eigenvalue weighted by molar-refractivity contribution is -0.132. The number of amides is 2. The van der Waals surface area contributed by atoms with Crippen molar-refractivity contribution in [3.63, 3.8) is 0 Å². The highest BCUT2D eigenvalue weighted by Gasteiger charge is 2.31. The third-order valence-corrected chi connectivity index (χ3v) is 6.84. The zero-order valence-corrected chi connectivity index (χ0v) is 20.5. The van der Waals surface area contributed by atoms with Crippen LogP contribution in [-0.2, 0) is 16.1 Å². The van der Waals surface area contributed by atoms with Crippen LogP contribution in [0.2, 0.25) is 0 Å². The first-order chi connectivity index (χ1) is 16.0. The molecule has 1 heterocycles. The van der Waals surface area contributed by atoms with Gasteiger partial charge in [0.15, 0.2) is 0 Å². The molecule has 0 saturated carbocycles. The second-order valence-corrected chi connectivity index (χ2v) is 9.75. The van der Waals surface area contributed by atoms with E-state index in [0.29, 0.717) is 35.3 Å². The van der Waals surface area contributed by atoms with Gasteiger partial charge in [-0.05, 0) is 37.0 Å². The standard InChI is InChI=1S/C26H30N2O3S2/c1-20-11-13-21(14-12-20)18-23-25(31)28(26(32)33-23)15-7-3-6-10-24(30)27(16-17-29)19-22-8-4-2-5-9-22/h2,4-5,8-9,11-14,18,29H,3,6-7,10,15-17,19H2,1H3/b23-18-. The van der Waals surface area contributed by atoms with E-state index in [0.717, 1.165) is 30.4 Å². The summed E-state index contributed by atoms with van der Waals surface area (Å²) in [7, 11) is 0. The highest BCUT2D eigenvalue weighted by atomic mass is 32.2. The quantitative estimate of drug-likeness (QED) is 0.284. The number of hydrogen-bond donors (Lipinski definition) is 1. The maximum absolute atomic E-state index is 12.8. The summed E-state index contributed by atoms with van der Waals surface area (Å²) in [4.78, 5) is 29.4. The van der Waals surface area contributed by atoms with E-state index in [1.807, 2.05) is 67.6 Å². The van der Waals surface area contributed by atoms with Gasteiger partial charge >= 0.3 is 0 Å². The number of carbonyl (C=O) groups is 2. The number of aryl methyl sites for hydroxylation is 1. The van der Waals surface area contributed by atoms with Gasteiger partial charge in [0.25, 0.3) is 5.91 Å². The number of benzene rings is 2. The van der Waals surface area contributed by atoms with Crippen molar-refractivity contribution in [2.24, 2.45) is 0 Å². The van der Waals surface area contributed by atoms with Gasteiger partial charge in [0.2, 0.25) is 5.91 Å². The van der Waals surface area contributed by atoms with E-state index in [-0.39, 0.29) is 18.4 Å². The van der Waals surface area contributed by atoms with Crippen LogP contribution in [0.25, 0.3) is 6.08 Å². The molecular weight excluding hydrogens is 452 g/mol. The fourth-order valence-electron chi connectivity index (χ4n) is 3.60. The van der Waals surface area contributed by atoms with Crippen LogP contribution >= 0.6 is 24.0 Å². The highest BCUT2D eigenvalue weighted by molar-refractivity contribution is 8.26. The zero-order valence-electron chi connectivity index (χ0n) is 18.9. The Balaban J connectivity index is 1.43. The Morgan fingerprint density at radius 1 is 1.09 bits per heavy atom. The summed E-state index contributed by atoms with van der Waals surface area (Å²) in [5, 5.41) is 9.32. The van der Waals surface area contributed by atoms with E-state index in [2.05, 4.69) is 0 Å². The second kappa shape index (κ2) is 12.7. The molecule has 0 aliphatic carbocycles. The monoisotopic (exact) mass is 482 g/mol. The van der Waals surface area contributed by atoms with E-state index in [4.69, 9.17) is 12.2 Å². The molecular formula is C26H30N2O3S2. The predicted molar refractivity (Wildman–Crippen MR) is 138 cm³/mol. The summed E-state index contributed by atoms with van der Waals surface area (Å²) >= 11 is 6.76. The fraction of sp³-hybridized carbons (Fsp3) is 0.346. The number of rotatable bonds is 11. The average molecular weight is 483 g/mol. The maximum atomic E-state index is 12.8. The van der Waals surface area contributed by atoms with Gasteiger partial charge in [0.05, 0.1) is 11.5 Å². The van der Waals surface area contributed by atoms with Crippen molar-refractivity contribution >= 4 is 46.2 Å². The van der Waals surface area contributed by atoms with Crippen LogP contribution in [0.3, 0.4) is 0 Å². The molecule has 0 atom stereocenters. The highest BCUT2D eigenvalue weighted by Crippen LogP contribution is 2.32. The molecule has 0 spiro atoms. The van der Waals surface area contributed by atoms with Crippen molar-refractivity contribution in [3.05, 3.63) is 76.2 Å². The van der Waals surface area contributed by atoms with Crippen LogP contribution in [0.4, 0.5) is 0 Å². The number of nitrogens with zero attached hydrogens (tertiary/aromatic N) is 2. The molecule has 7 heteroatoms. The SMILES string of the molecule is Cc1ccc(/C=C2\SC(=S)N(CCCCCC(=O)N(CCO)Cc3ccccc3)C2=O)cc1. The van der Waals surface area contributed by atoms with E-state index >= 15 is 0 Å². The van der Waals surface area contributed by atoms with Crippen LogP contribution in [0.1, 0.15) is 42.4 Å². The van der Waals surface area contributed by atoms with Crippen LogP contribution in [0.15, 0.2) is 59.5 Å². The topological polar surface area (TPSA) is 60.9 Å². The third kappa shape index (κ3) is 7.52. The number of aliphatic hydroxyl groups excluding tert-OH is 1. The molecule has 0 unspecified atom stereocenters. The number of hydrogen-bond acceptors (Lipinski definition) is 5. The van der Waals surface area contributed by atoms with Gasteiger partial charge in [-0.1, -0.05) is 90.6 Å². The van der Waals surface area contributed by atoms with Crippen molar-refractivity contribution in [2.45, 2.75) is 39.2 Å². The minimum absolute atomic E-state index is 0.0412. The lowest BCUT2D eigenvalue weighted by Crippen LogP contribution is -2.33. The Morgan fingerprint density at radius 3 is 2.52 bits per heavy atom. The van der Waals surface area contributed by atoms with E-state index in [1.165, 1.54) is 17.3 Å². The van der Waals surface area contributed by atoms with Crippen molar-refractivity contribution in [2.75, 3.05) is 19.7 Å². The first-order valence-corrected chi connectivity index (χ1v) is 12.4. The minimum atomic E-state index is -0.0524. The van der Waals surface area contributed by atoms with Gasteiger partial charge in [0.1, 0.15) is 4.32 Å². The molecule has 1 aliphatic heterocycles. The lowest BCUT2D eigenvalue weighted by atomic mass is 10.1. The molecule has 2 amide bonds.